The molecule has 59 heavy (non-hydrogen) atoms. The van der Waals surface area contributed by atoms with Gasteiger partial charge in [0.15, 0.2) is 6.10 Å². The summed E-state index contributed by atoms with van der Waals surface area (Å²) >= 11 is 0. The van der Waals surface area contributed by atoms with Crippen LogP contribution in [0.25, 0.3) is 0 Å². The molecular formula is C53H102O6. The van der Waals surface area contributed by atoms with Crippen LogP contribution in [0.5, 0.6) is 0 Å². The summed E-state index contributed by atoms with van der Waals surface area (Å²) in [6.45, 7) is 6.64. The van der Waals surface area contributed by atoms with Crippen LogP contribution in [0.2, 0.25) is 0 Å². The summed E-state index contributed by atoms with van der Waals surface area (Å²) in [5, 5.41) is 0. The molecule has 1 atom stereocenters. The molecule has 0 fully saturated rings. The Morgan fingerprint density at radius 1 is 0.271 bits per heavy atom. The average Bonchev–Trinajstić information content (AvgIpc) is 3.23. The molecule has 0 aliphatic heterocycles. The van der Waals surface area contributed by atoms with Crippen molar-refractivity contribution in [1.82, 2.24) is 0 Å². The number of carbonyl (C=O) groups is 3. The van der Waals surface area contributed by atoms with Gasteiger partial charge in [0.05, 0.1) is 0 Å². The van der Waals surface area contributed by atoms with E-state index in [2.05, 4.69) is 20.8 Å². The van der Waals surface area contributed by atoms with Crippen molar-refractivity contribution in [1.29, 1.82) is 0 Å². The molecule has 0 amide bonds. The fourth-order valence-corrected chi connectivity index (χ4v) is 8.09. The zero-order valence-corrected chi connectivity index (χ0v) is 40.1. The number of esters is 3. The molecule has 0 rings (SSSR count). The van der Waals surface area contributed by atoms with E-state index in [4.69, 9.17) is 14.2 Å². The van der Waals surface area contributed by atoms with Crippen LogP contribution in [0.4, 0.5) is 0 Å². The van der Waals surface area contributed by atoms with Crippen molar-refractivity contribution in [3.05, 3.63) is 0 Å². The second-order valence-electron chi connectivity index (χ2n) is 18.2. The molecule has 0 bridgehead atoms. The molecule has 350 valence electrons. The summed E-state index contributed by atoms with van der Waals surface area (Å²) in [6, 6.07) is 0. The molecule has 6 heteroatoms. The molecule has 0 saturated carbocycles. The molecule has 0 aromatic heterocycles. The van der Waals surface area contributed by atoms with Gasteiger partial charge in [-0.05, 0) is 19.3 Å². The summed E-state index contributed by atoms with van der Waals surface area (Å²) in [7, 11) is 0. The molecule has 0 aromatic rings. The van der Waals surface area contributed by atoms with E-state index in [1.807, 2.05) is 0 Å². The Kier molecular flexibility index (Phi) is 47.7. The second-order valence-corrected chi connectivity index (χ2v) is 18.2. The van der Waals surface area contributed by atoms with Gasteiger partial charge in [-0.3, -0.25) is 14.4 Å². The molecule has 6 nitrogen and oxygen atoms in total. The van der Waals surface area contributed by atoms with E-state index in [1.54, 1.807) is 0 Å². The summed E-state index contributed by atoms with van der Waals surface area (Å²) < 4.78 is 16.7. The number of rotatable bonds is 49. The lowest BCUT2D eigenvalue weighted by molar-refractivity contribution is -0.167. The van der Waals surface area contributed by atoms with Crippen molar-refractivity contribution < 1.29 is 28.6 Å². The lowest BCUT2D eigenvalue weighted by atomic mass is 10.0. The second kappa shape index (κ2) is 49.1. The minimum absolute atomic E-state index is 0.0625. The highest BCUT2D eigenvalue weighted by Gasteiger charge is 2.19. The van der Waals surface area contributed by atoms with Gasteiger partial charge in [0, 0.05) is 19.3 Å². The van der Waals surface area contributed by atoms with Crippen LogP contribution < -0.4 is 0 Å². The van der Waals surface area contributed by atoms with E-state index in [1.165, 1.54) is 205 Å². The van der Waals surface area contributed by atoms with Crippen molar-refractivity contribution in [2.45, 2.75) is 309 Å². The Bertz CT molecular complexity index is 874. The van der Waals surface area contributed by atoms with Crippen LogP contribution >= 0.6 is 0 Å². The van der Waals surface area contributed by atoms with Crippen molar-refractivity contribution >= 4 is 17.9 Å². The summed E-state index contributed by atoms with van der Waals surface area (Å²) in [6.07, 6.45) is 52.6. The number of unbranched alkanes of at least 4 members (excludes halogenated alkanes) is 38. The first-order chi connectivity index (χ1) is 29.0. The topological polar surface area (TPSA) is 78.9 Å². The van der Waals surface area contributed by atoms with Crippen molar-refractivity contribution in [3.63, 3.8) is 0 Å². The van der Waals surface area contributed by atoms with Crippen LogP contribution in [-0.4, -0.2) is 37.2 Å². The molecule has 0 spiro atoms. The quantitative estimate of drug-likeness (QED) is 0.0345. The van der Waals surface area contributed by atoms with E-state index < -0.39 is 6.10 Å². The highest BCUT2D eigenvalue weighted by molar-refractivity contribution is 5.71. The van der Waals surface area contributed by atoms with E-state index >= 15 is 0 Å². The van der Waals surface area contributed by atoms with E-state index in [9.17, 15) is 14.4 Å². The van der Waals surface area contributed by atoms with Gasteiger partial charge in [-0.2, -0.15) is 0 Å². The fraction of sp³-hybridized carbons (Fsp3) is 0.943. The smallest absolute Gasteiger partial charge is 0.306 e. The van der Waals surface area contributed by atoms with Crippen LogP contribution in [0, 0.1) is 0 Å². The maximum absolute atomic E-state index is 12.7. The van der Waals surface area contributed by atoms with Gasteiger partial charge in [0.2, 0.25) is 0 Å². The van der Waals surface area contributed by atoms with Gasteiger partial charge >= 0.3 is 17.9 Å². The predicted molar refractivity (Wildman–Crippen MR) is 252 cm³/mol. The first-order valence-corrected chi connectivity index (χ1v) is 26.5. The number of hydrogen-bond donors (Lipinski definition) is 0. The molecular weight excluding hydrogens is 733 g/mol. The van der Waals surface area contributed by atoms with Gasteiger partial charge in [0.25, 0.3) is 0 Å². The lowest BCUT2D eigenvalue weighted by Gasteiger charge is -2.18. The third-order valence-electron chi connectivity index (χ3n) is 12.1. The molecule has 1 unspecified atom stereocenters. The minimum Gasteiger partial charge on any atom is -0.462 e. The van der Waals surface area contributed by atoms with Crippen molar-refractivity contribution in [2.24, 2.45) is 0 Å². The summed E-state index contributed by atoms with van der Waals surface area (Å²) in [5.74, 6) is -0.850. The first kappa shape index (κ1) is 57.4. The van der Waals surface area contributed by atoms with Crippen LogP contribution in [0.3, 0.4) is 0 Å². The number of ether oxygens (including phenoxy) is 3. The summed E-state index contributed by atoms with van der Waals surface area (Å²) in [5.41, 5.74) is 0. The van der Waals surface area contributed by atoms with Crippen molar-refractivity contribution in [3.8, 4) is 0 Å². The standard InChI is InChI=1S/C53H102O6/c1-4-7-10-13-16-19-21-22-23-24-25-26-27-28-29-30-31-32-33-35-37-40-43-46-52(55)58-49-50(48-57-51(54)45-42-39-36-18-15-12-9-6-3)59-53(56)47-44-41-38-34-20-17-14-11-8-5-2/h50H,4-49H2,1-3H3. The first-order valence-electron chi connectivity index (χ1n) is 26.5. The molecule has 0 aliphatic carbocycles. The van der Waals surface area contributed by atoms with E-state index in [0.29, 0.717) is 19.3 Å². The molecule has 0 N–H and O–H groups in total. The fourth-order valence-electron chi connectivity index (χ4n) is 8.09. The van der Waals surface area contributed by atoms with Gasteiger partial charge in [-0.1, -0.05) is 265 Å². The Balaban J connectivity index is 4.06. The Labute approximate surface area is 368 Å². The Hall–Kier alpha value is -1.59. The number of carbonyl (C=O) groups excluding carboxylic acids is 3. The normalized spacial score (nSPS) is 11.8. The van der Waals surface area contributed by atoms with E-state index in [-0.39, 0.29) is 31.1 Å². The maximum Gasteiger partial charge on any atom is 0.306 e. The maximum atomic E-state index is 12.7. The molecule has 0 aliphatic rings. The van der Waals surface area contributed by atoms with Crippen LogP contribution in [-0.2, 0) is 28.6 Å². The van der Waals surface area contributed by atoms with Crippen LogP contribution in [0.1, 0.15) is 303 Å². The van der Waals surface area contributed by atoms with E-state index in [0.717, 1.165) is 57.8 Å². The van der Waals surface area contributed by atoms with Gasteiger partial charge in [0.1, 0.15) is 13.2 Å². The highest BCUT2D eigenvalue weighted by atomic mass is 16.6. The zero-order valence-electron chi connectivity index (χ0n) is 40.1. The Morgan fingerprint density at radius 3 is 0.678 bits per heavy atom. The zero-order chi connectivity index (χ0) is 43.0. The van der Waals surface area contributed by atoms with Crippen molar-refractivity contribution in [2.75, 3.05) is 13.2 Å². The predicted octanol–water partition coefficient (Wildman–Crippen LogP) is 17.2. The number of hydrogen-bond acceptors (Lipinski definition) is 6. The molecule has 0 aromatic carbocycles. The molecule has 0 radical (unpaired) electrons. The average molecular weight is 835 g/mol. The summed E-state index contributed by atoms with van der Waals surface area (Å²) in [4.78, 5) is 37.7. The molecule has 0 heterocycles. The van der Waals surface area contributed by atoms with Gasteiger partial charge in [-0.15, -0.1) is 0 Å². The highest BCUT2D eigenvalue weighted by Crippen LogP contribution is 2.17. The SMILES string of the molecule is CCCCCCCCCCCCCCCCCCCCCCCCCC(=O)OCC(COC(=O)CCCCCCCCCC)OC(=O)CCCCCCCCCCCC. The monoisotopic (exact) mass is 835 g/mol. The lowest BCUT2D eigenvalue weighted by Crippen LogP contribution is -2.30. The largest absolute Gasteiger partial charge is 0.462 e. The minimum atomic E-state index is -0.758. The third-order valence-corrected chi connectivity index (χ3v) is 12.1. The third kappa shape index (κ3) is 47.3. The molecule has 0 saturated heterocycles. The Morgan fingerprint density at radius 2 is 0.458 bits per heavy atom. The van der Waals surface area contributed by atoms with Gasteiger partial charge < -0.3 is 14.2 Å². The van der Waals surface area contributed by atoms with Crippen LogP contribution in [0.15, 0.2) is 0 Å². The van der Waals surface area contributed by atoms with Gasteiger partial charge in [-0.25, -0.2) is 0 Å².